The molecule has 320 valence electrons. The summed E-state index contributed by atoms with van der Waals surface area (Å²) < 4.78 is 23.5. The van der Waals surface area contributed by atoms with Gasteiger partial charge in [-0.05, 0) is 70.6 Å². The van der Waals surface area contributed by atoms with Gasteiger partial charge in [0, 0.05) is 6.42 Å². The van der Waals surface area contributed by atoms with Crippen molar-refractivity contribution >= 4 is 13.7 Å². The summed E-state index contributed by atoms with van der Waals surface area (Å²) in [5.74, 6) is -0.206. The van der Waals surface area contributed by atoms with Crippen molar-refractivity contribution in [3.05, 3.63) is 60.8 Å². The third-order valence-corrected chi connectivity index (χ3v) is 10.4. The highest BCUT2D eigenvalue weighted by Crippen LogP contribution is 2.43. The Bertz CT molecular complexity index is 1080. The Labute approximate surface area is 339 Å². The van der Waals surface area contributed by atoms with Crippen LogP contribution in [0.25, 0.3) is 0 Å². The molecule has 0 bridgehead atoms. The number of carbonyl (C=O) groups excluding carboxylic acids is 1. The first-order valence-electron chi connectivity index (χ1n) is 22.2. The van der Waals surface area contributed by atoms with Crippen molar-refractivity contribution in [3.63, 3.8) is 0 Å². The van der Waals surface area contributed by atoms with Gasteiger partial charge in [-0.3, -0.25) is 13.8 Å². The lowest BCUT2D eigenvalue weighted by Gasteiger charge is -2.25. The first-order valence-corrected chi connectivity index (χ1v) is 23.7. The van der Waals surface area contributed by atoms with Crippen LogP contribution in [-0.2, 0) is 18.4 Å². The summed E-state index contributed by atoms with van der Waals surface area (Å²) in [6.07, 6.45) is 48.6. The third-order valence-electron chi connectivity index (χ3n) is 9.47. The second kappa shape index (κ2) is 37.8. The number of aliphatic hydroxyl groups is 1. The molecule has 0 heterocycles. The lowest BCUT2D eigenvalue weighted by Crippen LogP contribution is -2.45. The van der Waals surface area contributed by atoms with E-state index in [1.54, 1.807) is 6.08 Å². The summed E-state index contributed by atoms with van der Waals surface area (Å²) >= 11 is 0. The maximum absolute atomic E-state index is 12.8. The van der Waals surface area contributed by atoms with Crippen molar-refractivity contribution in [2.24, 2.45) is 0 Å². The molecule has 3 atom stereocenters. The van der Waals surface area contributed by atoms with Crippen LogP contribution >= 0.6 is 7.82 Å². The van der Waals surface area contributed by atoms with Crippen LogP contribution < -0.4 is 5.32 Å². The summed E-state index contributed by atoms with van der Waals surface area (Å²) in [6.45, 7) is 4.72. The van der Waals surface area contributed by atoms with Crippen molar-refractivity contribution in [1.82, 2.24) is 5.32 Å². The zero-order valence-electron chi connectivity index (χ0n) is 36.1. The SMILES string of the molecule is CCCCC/C=C\C=C/CCCCCCCCC(=O)NC(COP(=O)(O)OCC[N+](C)(C)C)C(O)/C=C/CC/C=C/CC/C=C/CCCCCCCCCC. The molecule has 3 N–H and O–H groups in total. The van der Waals surface area contributed by atoms with E-state index in [-0.39, 0.29) is 19.1 Å². The summed E-state index contributed by atoms with van der Waals surface area (Å²) in [5.41, 5.74) is 0. The van der Waals surface area contributed by atoms with Gasteiger partial charge in [0.15, 0.2) is 0 Å². The number of carbonyl (C=O) groups is 1. The minimum Gasteiger partial charge on any atom is -0.387 e. The quantitative estimate of drug-likeness (QED) is 0.0188. The second-order valence-corrected chi connectivity index (χ2v) is 17.5. The Morgan fingerprint density at radius 3 is 1.60 bits per heavy atom. The van der Waals surface area contributed by atoms with E-state index in [1.165, 1.54) is 89.9 Å². The van der Waals surface area contributed by atoms with Gasteiger partial charge < -0.3 is 19.8 Å². The van der Waals surface area contributed by atoms with Crippen molar-refractivity contribution in [3.8, 4) is 0 Å². The number of phosphoric acid groups is 1. The molecule has 0 aliphatic carbocycles. The van der Waals surface area contributed by atoms with Crippen LogP contribution in [-0.4, -0.2) is 73.4 Å². The van der Waals surface area contributed by atoms with Crippen LogP contribution in [0.15, 0.2) is 60.8 Å². The molecule has 3 unspecified atom stereocenters. The molecule has 1 amide bonds. The van der Waals surface area contributed by atoms with Gasteiger partial charge in [-0.15, -0.1) is 0 Å². The van der Waals surface area contributed by atoms with Gasteiger partial charge in [0.25, 0.3) is 0 Å². The Morgan fingerprint density at radius 2 is 1.05 bits per heavy atom. The number of quaternary nitrogens is 1. The molecule has 9 heteroatoms. The van der Waals surface area contributed by atoms with Gasteiger partial charge in [0.05, 0.1) is 39.9 Å². The zero-order chi connectivity index (χ0) is 40.7. The molecule has 0 fully saturated rings. The molecular formula is C46H86N2O6P+. The molecule has 0 aromatic heterocycles. The van der Waals surface area contributed by atoms with Crippen molar-refractivity contribution in [1.29, 1.82) is 0 Å². The monoisotopic (exact) mass is 794 g/mol. The number of nitrogens with zero attached hydrogens (tertiary/aromatic N) is 1. The Hall–Kier alpha value is -1.80. The van der Waals surface area contributed by atoms with Crippen molar-refractivity contribution < 1.29 is 32.9 Å². The standard InChI is InChI=1S/C46H85N2O6P/c1-6-8-10-12-14-16-18-20-22-23-24-26-27-29-31-33-35-37-39-45(49)44(43-54-55(51,52)53-42-41-48(3,4)5)47-46(50)40-38-36-34-32-30-28-25-21-19-17-15-13-11-9-7-2/h15,17,19,21,23-24,29,31,37,39,44-45,49H,6-14,16,18,20,22,25-28,30,32-36,38,40-43H2,1-5H3,(H-,47,50,51,52)/p+1/b17-15-,21-19-,24-23+,31-29+,39-37+. The maximum atomic E-state index is 12.8. The fourth-order valence-electron chi connectivity index (χ4n) is 5.89. The minimum absolute atomic E-state index is 0.0487. The summed E-state index contributed by atoms with van der Waals surface area (Å²) in [4.78, 5) is 23.1. The number of rotatable bonds is 39. The van der Waals surface area contributed by atoms with E-state index >= 15 is 0 Å². The van der Waals surface area contributed by atoms with Crippen LogP contribution in [0.3, 0.4) is 0 Å². The average Bonchev–Trinajstić information content (AvgIpc) is 3.13. The molecule has 0 radical (unpaired) electrons. The fourth-order valence-corrected chi connectivity index (χ4v) is 6.62. The van der Waals surface area contributed by atoms with Gasteiger partial charge in [-0.2, -0.15) is 0 Å². The average molecular weight is 794 g/mol. The molecular weight excluding hydrogens is 707 g/mol. The molecule has 0 aliphatic rings. The van der Waals surface area contributed by atoms with E-state index in [4.69, 9.17) is 9.05 Å². The summed E-state index contributed by atoms with van der Waals surface area (Å²) in [6, 6.07) is -0.876. The van der Waals surface area contributed by atoms with E-state index in [1.807, 2.05) is 27.2 Å². The number of phosphoric ester groups is 1. The largest absolute Gasteiger partial charge is 0.472 e. The normalized spacial score (nSPS) is 15.0. The van der Waals surface area contributed by atoms with Crippen LogP contribution in [0.2, 0.25) is 0 Å². The second-order valence-electron chi connectivity index (χ2n) is 16.1. The predicted octanol–water partition coefficient (Wildman–Crippen LogP) is 12.2. The number of allylic oxidation sites excluding steroid dienone is 9. The molecule has 0 spiro atoms. The number of nitrogens with one attached hydrogen (secondary N) is 1. The lowest BCUT2D eigenvalue weighted by molar-refractivity contribution is -0.870. The van der Waals surface area contributed by atoms with Gasteiger partial charge in [-0.25, -0.2) is 4.57 Å². The molecule has 0 aromatic rings. The van der Waals surface area contributed by atoms with Gasteiger partial charge in [0.1, 0.15) is 13.2 Å². The highest BCUT2D eigenvalue weighted by atomic mass is 31.2. The van der Waals surface area contributed by atoms with Crippen LogP contribution in [0.5, 0.6) is 0 Å². The smallest absolute Gasteiger partial charge is 0.387 e. The summed E-state index contributed by atoms with van der Waals surface area (Å²) in [5, 5.41) is 13.8. The number of hydrogen-bond donors (Lipinski definition) is 3. The van der Waals surface area contributed by atoms with E-state index in [0.717, 1.165) is 64.2 Å². The van der Waals surface area contributed by atoms with E-state index in [2.05, 4.69) is 67.8 Å². The summed E-state index contributed by atoms with van der Waals surface area (Å²) in [7, 11) is 1.53. The molecule has 0 rings (SSSR count). The van der Waals surface area contributed by atoms with Crippen LogP contribution in [0.1, 0.15) is 174 Å². The van der Waals surface area contributed by atoms with E-state index < -0.39 is 20.0 Å². The van der Waals surface area contributed by atoms with E-state index in [0.29, 0.717) is 17.4 Å². The number of likely N-dealkylation sites (N-methyl/N-ethyl adjacent to an activating group) is 1. The zero-order valence-corrected chi connectivity index (χ0v) is 37.0. The van der Waals surface area contributed by atoms with Crippen molar-refractivity contribution in [2.75, 3.05) is 40.9 Å². The number of unbranched alkanes of at least 4 members (excludes halogenated alkanes) is 19. The molecule has 55 heavy (non-hydrogen) atoms. The maximum Gasteiger partial charge on any atom is 0.472 e. The molecule has 0 aliphatic heterocycles. The molecule has 8 nitrogen and oxygen atoms in total. The Kier molecular flexibility index (Phi) is 36.5. The molecule has 0 saturated heterocycles. The topological polar surface area (TPSA) is 105 Å². The Balaban J connectivity index is 4.55. The van der Waals surface area contributed by atoms with Gasteiger partial charge >= 0.3 is 7.82 Å². The van der Waals surface area contributed by atoms with Crippen LogP contribution in [0.4, 0.5) is 0 Å². The van der Waals surface area contributed by atoms with Crippen LogP contribution in [0, 0.1) is 0 Å². The Morgan fingerprint density at radius 1 is 0.618 bits per heavy atom. The first-order chi connectivity index (χ1) is 26.5. The molecule has 0 aromatic carbocycles. The van der Waals surface area contributed by atoms with Gasteiger partial charge in [0.2, 0.25) is 5.91 Å². The first kappa shape index (κ1) is 53.2. The molecule has 0 saturated carbocycles. The van der Waals surface area contributed by atoms with Crippen molar-refractivity contribution in [2.45, 2.75) is 187 Å². The third kappa shape index (κ3) is 40.2. The fraction of sp³-hybridized carbons (Fsp3) is 0.761. The number of hydrogen-bond acceptors (Lipinski definition) is 5. The number of aliphatic hydroxyl groups excluding tert-OH is 1. The minimum atomic E-state index is -4.35. The lowest BCUT2D eigenvalue weighted by atomic mass is 10.1. The van der Waals surface area contributed by atoms with E-state index in [9.17, 15) is 19.4 Å². The number of amides is 1. The van der Waals surface area contributed by atoms with Gasteiger partial charge in [-0.1, -0.05) is 158 Å². The highest BCUT2D eigenvalue weighted by molar-refractivity contribution is 7.47. The predicted molar refractivity (Wildman–Crippen MR) is 235 cm³/mol. The highest BCUT2D eigenvalue weighted by Gasteiger charge is 2.27.